The number of hydrogen-bond donors (Lipinski definition) is 1. The van der Waals surface area contributed by atoms with E-state index in [1.165, 1.54) is 44.4 Å². The Labute approximate surface area is 151 Å². The Morgan fingerprint density at radius 1 is 1.12 bits per heavy atom. The van der Waals surface area contributed by atoms with Crippen LogP contribution in [-0.2, 0) is 21.3 Å². The highest BCUT2D eigenvalue weighted by atomic mass is 32.2. The van der Waals surface area contributed by atoms with Crippen molar-refractivity contribution in [3.05, 3.63) is 47.5 Å². The molecule has 0 aromatic heterocycles. The first-order chi connectivity index (χ1) is 12.3. The number of methoxy groups -OCH3 is 1. The highest BCUT2D eigenvalue weighted by Crippen LogP contribution is 2.30. The fourth-order valence-corrected chi connectivity index (χ4v) is 3.66. The number of anilines is 1. The molecule has 7 nitrogen and oxygen atoms in total. The van der Waals surface area contributed by atoms with Gasteiger partial charge in [-0.1, -0.05) is 0 Å². The van der Waals surface area contributed by atoms with Crippen molar-refractivity contribution in [1.82, 2.24) is 0 Å². The van der Waals surface area contributed by atoms with Crippen LogP contribution in [0, 0.1) is 0 Å². The summed E-state index contributed by atoms with van der Waals surface area (Å²) in [7, 11) is -2.73. The summed E-state index contributed by atoms with van der Waals surface area (Å²) in [5.74, 6) is -0.158. The molecule has 26 heavy (non-hydrogen) atoms. The number of aryl methyl sites for hydroxylation is 1. The zero-order valence-electron chi connectivity index (χ0n) is 14.2. The summed E-state index contributed by atoms with van der Waals surface area (Å²) in [6.45, 7) is 1.32. The van der Waals surface area contributed by atoms with Gasteiger partial charge in [-0.15, -0.1) is 0 Å². The third kappa shape index (κ3) is 3.55. The van der Waals surface area contributed by atoms with Gasteiger partial charge in [0.25, 0.3) is 0 Å². The van der Waals surface area contributed by atoms with E-state index >= 15 is 0 Å². The van der Waals surface area contributed by atoms with Gasteiger partial charge in [0.05, 0.1) is 12.7 Å². The second kappa shape index (κ2) is 6.80. The maximum Gasteiger partial charge on any atom is 0.339 e. The third-order valence-corrected chi connectivity index (χ3v) is 5.26. The number of fused-ring (bicyclic) bond motifs is 1. The molecular formula is C18H17NO6S. The monoisotopic (exact) mass is 375 g/mol. The highest BCUT2D eigenvalue weighted by Gasteiger charge is 2.23. The van der Waals surface area contributed by atoms with Crippen LogP contribution in [0.3, 0.4) is 0 Å². The van der Waals surface area contributed by atoms with Crippen molar-refractivity contribution >= 4 is 27.5 Å². The second-order valence-corrected chi connectivity index (χ2v) is 7.37. The summed E-state index contributed by atoms with van der Waals surface area (Å²) in [5, 5.41) is 2.69. The molecule has 0 saturated heterocycles. The SMILES string of the molecule is COc1ccc(C(C)=O)c(OS(=O)(=O)c2ccc3c(c2)CCC(=O)N3)c1. The van der Waals surface area contributed by atoms with Crippen LogP contribution in [0.1, 0.15) is 29.3 Å². The molecule has 0 saturated carbocycles. The maximum absolute atomic E-state index is 12.7. The van der Waals surface area contributed by atoms with E-state index in [1.54, 1.807) is 6.07 Å². The largest absolute Gasteiger partial charge is 0.497 e. The first-order valence-electron chi connectivity index (χ1n) is 7.86. The van der Waals surface area contributed by atoms with Crippen molar-refractivity contribution in [2.45, 2.75) is 24.7 Å². The number of Topliss-reactive ketones (excluding diaryl/α,β-unsaturated/α-hetero) is 1. The van der Waals surface area contributed by atoms with Gasteiger partial charge in [-0.05, 0) is 49.2 Å². The van der Waals surface area contributed by atoms with E-state index < -0.39 is 10.1 Å². The molecule has 0 spiro atoms. The molecule has 2 aromatic carbocycles. The summed E-state index contributed by atoms with van der Waals surface area (Å²) >= 11 is 0. The van der Waals surface area contributed by atoms with Gasteiger partial charge >= 0.3 is 10.1 Å². The molecule has 1 heterocycles. The van der Waals surface area contributed by atoms with Crippen LogP contribution in [-0.4, -0.2) is 27.2 Å². The van der Waals surface area contributed by atoms with Gasteiger partial charge in [0.2, 0.25) is 5.91 Å². The molecule has 0 aliphatic carbocycles. The molecule has 0 unspecified atom stereocenters. The number of rotatable bonds is 5. The molecule has 0 atom stereocenters. The fourth-order valence-electron chi connectivity index (χ4n) is 2.67. The van der Waals surface area contributed by atoms with Crippen molar-refractivity contribution in [1.29, 1.82) is 0 Å². The number of benzene rings is 2. The highest BCUT2D eigenvalue weighted by molar-refractivity contribution is 7.87. The van der Waals surface area contributed by atoms with Crippen LogP contribution >= 0.6 is 0 Å². The minimum atomic E-state index is -4.16. The lowest BCUT2D eigenvalue weighted by Crippen LogP contribution is -2.20. The van der Waals surface area contributed by atoms with Crippen molar-refractivity contribution < 1.29 is 26.9 Å². The van der Waals surface area contributed by atoms with Gasteiger partial charge in [0.1, 0.15) is 10.6 Å². The Kier molecular flexibility index (Phi) is 4.69. The van der Waals surface area contributed by atoms with E-state index in [0.717, 1.165) is 0 Å². The topological polar surface area (TPSA) is 98.8 Å². The summed E-state index contributed by atoms with van der Waals surface area (Å²) in [6, 6.07) is 8.71. The van der Waals surface area contributed by atoms with Crippen LogP contribution in [0.25, 0.3) is 0 Å². The first-order valence-corrected chi connectivity index (χ1v) is 9.27. The number of amides is 1. The van der Waals surface area contributed by atoms with E-state index in [2.05, 4.69) is 5.32 Å². The van der Waals surface area contributed by atoms with E-state index in [1.807, 2.05) is 0 Å². The summed E-state index contributed by atoms with van der Waals surface area (Å²) in [5.41, 5.74) is 1.44. The van der Waals surface area contributed by atoms with Gasteiger partial charge in [-0.2, -0.15) is 8.42 Å². The van der Waals surface area contributed by atoms with Crippen molar-refractivity contribution in [2.24, 2.45) is 0 Å². The number of hydrogen-bond acceptors (Lipinski definition) is 6. The predicted octanol–water partition coefficient (Wildman–Crippen LogP) is 2.55. The van der Waals surface area contributed by atoms with Gasteiger partial charge in [0.15, 0.2) is 11.5 Å². The minimum Gasteiger partial charge on any atom is -0.497 e. The average molecular weight is 375 g/mol. The number of carbonyl (C=O) groups excluding carboxylic acids is 2. The number of ether oxygens (including phenoxy) is 1. The Bertz CT molecular complexity index is 997. The maximum atomic E-state index is 12.7. The lowest BCUT2D eigenvalue weighted by Gasteiger charge is -2.18. The summed E-state index contributed by atoms with van der Waals surface area (Å²) in [6.07, 6.45) is 0.740. The van der Waals surface area contributed by atoms with Gasteiger partial charge in [-0.3, -0.25) is 9.59 Å². The van der Waals surface area contributed by atoms with Crippen molar-refractivity contribution in [2.75, 3.05) is 12.4 Å². The van der Waals surface area contributed by atoms with Crippen LogP contribution in [0.15, 0.2) is 41.3 Å². The van der Waals surface area contributed by atoms with E-state index in [0.29, 0.717) is 29.8 Å². The average Bonchev–Trinajstić information content (AvgIpc) is 2.60. The summed E-state index contributed by atoms with van der Waals surface area (Å²) < 4.78 is 35.6. The zero-order chi connectivity index (χ0) is 18.9. The van der Waals surface area contributed by atoms with Crippen LogP contribution in [0.4, 0.5) is 5.69 Å². The lowest BCUT2D eigenvalue weighted by atomic mass is 10.0. The smallest absolute Gasteiger partial charge is 0.339 e. The number of carbonyl (C=O) groups is 2. The van der Waals surface area contributed by atoms with Gasteiger partial charge < -0.3 is 14.2 Å². The third-order valence-electron chi connectivity index (χ3n) is 4.03. The Hall–Kier alpha value is -2.87. The van der Waals surface area contributed by atoms with Gasteiger partial charge in [0, 0.05) is 18.2 Å². The van der Waals surface area contributed by atoms with E-state index in [-0.39, 0.29) is 27.9 Å². The second-order valence-electron chi connectivity index (χ2n) is 5.82. The normalized spacial score (nSPS) is 13.5. The zero-order valence-corrected chi connectivity index (χ0v) is 15.1. The fraction of sp³-hybridized carbons (Fsp3) is 0.222. The Morgan fingerprint density at radius 3 is 2.58 bits per heavy atom. The van der Waals surface area contributed by atoms with Gasteiger partial charge in [-0.25, -0.2) is 0 Å². The first kappa shape index (κ1) is 17.9. The van der Waals surface area contributed by atoms with Crippen LogP contribution in [0.2, 0.25) is 0 Å². The molecule has 1 aliphatic rings. The Morgan fingerprint density at radius 2 is 1.88 bits per heavy atom. The van der Waals surface area contributed by atoms with Crippen molar-refractivity contribution in [3.63, 3.8) is 0 Å². The molecule has 8 heteroatoms. The molecule has 1 aliphatic heterocycles. The number of ketones is 1. The molecule has 1 N–H and O–H groups in total. The molecule has 0 bridgehead atoms. The molecule has 2 aromatic rings. The molecule has 3 rings (SSSR count). The molecule has 0 fully saturated rings. The van der Waals surface area contributed by atoms with Crippen LogP contribution < -0.4 is 14.2 Å². The lowest BCUT2D eigenvalue weighted by molar-refractivity contribution is -0.116. The molecular weight excluding hydrogens is 358 g/mol. The number of nitrogens with one attached hydrogen (secondary N) is 1. The quantitative estimate of drug-likeness (QED) is 0.637. The van der Waals surface area contributed by atoms with E-state index in [4.69, 9.17) is 8.92 Å². The predicted molar refractivity (Wildman–Crippen MR) is 94.2 cm³/mol. The summed E-state index contributed by atoms with van der Waals surface area (Å²) in [4.78, 5) is 23.1. The standard InChI is InChI=1S/C18H17NO6S/c1-11(20)15-6-4-13(24-2)10-17(15)25-26(22,23)14-5-7-16-12(9-14)3-8-18(21)19-16/h4-7,9-10H,3,8H2,1-2H3,(H,19,21). The molecule has 1 amide bonds. The Balaban J connectivity index is 1.97. The molecule has 136 valence electrons. The minimum absolute atomic E-state index is 0.0512. The van der Waals surface area contributed by atoms with Crippen molar-refractivity contribution in [3.8, 4) is 11.5 Å². The van der Waals surface area contributed by atoms with Crippen LogP contribution in [0.5, 0.6) is 11.5 Å². The molecule has 0 radical (unpaired) electrons. The van der Waals surface area contributed by atoms with E-state index in [9.17, 15) is 18.0 Å².